The van der Waals surface area contributed by atoms with Crippen LogP contribution in [0.25, 0.3) is 11.3 Å². The van der Waals surface area contributed by atoms with Gasteiger partial charge in [-0.05, 0) is 30.7 Å². The number of benzene rings is 2. The predicted molar refractivity (Wildman–Crippen MR) is 81.1 cm³/mol. The summed E-state index contributed by atoms with van der Waals surface area (Å²) in [7, 11) is 1.41. The van der Waals surface area contributed by atoms with Gasteiger partial charge in [-0.2, -0.15) is 0 Å². The van der Waals surface area contributed by atoms with Crippen LogP contribution in [-0.2, 0) is 4.84 Å². The second-order valence-electron chi connectivity index (χ2n) is 5.15. The molecule has 0 aromatic heterocycles. The van der Waals surface area contributed by atoms with Gasteiger partial charge in [0.25, 0.3) is 0 Å². The Morgan fingerprint density at radius 3 is 2.50 bits per heavy atom. The minimum atomic E-state index is -1.51. The number of hydrogen-bond acceptors (Lipinski definition) is 4. The molecule has 1 heterocycles. The maximum absolute atomic E-state index is 13.9. The van der Waals surface area contributed by atoms with Crippen molar-refractivity contribution in [1.82, 2.24) is 5.48 Å². The molecule has 0 fully saturated rings. The van der Waals surface area contributed by atoms with Crippen LogP contribution >= 0.6 is 0 Å². The third-order valence-corrected chi connectivity index (χ3v) is 3.57. The van der Waals surface area contributed by atoms with Crippen molar-refractivity contribution in [3.05, 3.63) is 65.5 Å². The fraction of sp³-hybridized carbons (Fsp3) is 0.176. The Morgan fingerprint density at radius 1 is 1.14 bits per heavy atom. The predicted octanol–water partition coefficient (Wildman–Crippen LogP) is 2.95. The van der Waals surface area contributed by atoms with E-state index in [9.17, 15) is 9.50 Å². The van der Waals surface area contributed by atoms with Crippen LogP contribution in [0.5, 0.6) is 5.75 Å². The number of hydroxylamine groups is 1. The van der Waals surface area contributed by atoms with Gasteiger partial charge in [0, 0.05) is 11.1 Å². The van der Waals surface area contributed by atoms with Crippen molar-refractivity contribution in [2.75, 3.05) is 7.11 Å². The van der Waals surface area contributed by atoms with Crippen LogP contribution in [0.15, 0.2) is 48.5 Å². The summed E-state index contributed by atoms with van der Waals surface area (Å²) in [5.74, 6) is -1.82. The first-order chi connectivity index (χ1) is 10.5. The number of methoxy groups -OCH3 is 1. The van der Waals surface area contributed by atoms with Crippen LogP contribution < -0.4 is 10.2 Å². The third-order valence-electron chi connectivity index (χ3n) is 3.57. The summed E-state index contributed by atoms with van der Waals surface area (Å²) >= 11 is 0. The van der Waals surface area contributed by atoms with Crippen LogP contribution in [0.2, 0.25) is 0 Å². The number of aliphatic hydroxyl groups is 1. The molecule has 3 rings (SSSR count). The second kappa shape index (κ2) is 5.44. The smallest absolute Gasteiger partial charge is 0.217 e. The number of hydrogen-bond donors (Lipinski definition) is 2. The Balaban J connectivity index is 2.16. The molecule has 4 nitrogen and oxygen atoms in total. The first-order valence-corrected chi connectivity index (χ1v) is 6.83. The lowest BCUT2D eigenvalue weighted by Gasteiger charge is -2.18. The highest BCUT2D eigenvalue weighted by molar-refractivity contribution is 5.94. The Kier molecular flexibility index (Phi) is 3.60. The molecule has 0 saturated carbocycles. The van der Waals surface area contributed by atoms with Crippen LogP contribution in [0, 0.1) is 5.82 Å². The lowest BCUT2D eigenvalue weighted by atomic mass is 9.94. The van der Waals surface area contributed by atoms with E-state index >= 15 is 0 Å². The molecule has 0 saturated heterocycles. The van der Waals surface area contributed by atoms with E-state index in [0.29, 0.717) is 16.8 Å². The zero-order chi connectivity index (χ0) is 15.7. The van der Waals surface area contributed by atoms with Gasteiger partial charge >= 0.3 is 0 Å². The van der Waals surface area contributed by atoms with E-state index in [1.54, 1.807) is 6.07 Å². The molecule has 0 aliphatic carbocycles. The van der Waals surface area contributed by atoms with E-state index in [1.807, 2.05) is 30.3 Å². The molecule has 1 aliphatic heterocycles. The van der Waals surface area contributed by atoms with E-state index in [2.05, 4.69) is 5.48 Å². The van der Waals surface area contributed by atoms with Crippen molar-refractivity contribution >= 4 is 11.3 Å². The minimum Gasteiger partial charge on any atom is -0.494 e. The molecular formula is C17H16FNO3. The molecule has 2 aromatic carbocycles. The van der Waals surface area contributed by atoms with Crippen molar-refractivity contribution in [2.45, 2.75) is 12.7 Å². The Bertz CT molecular complexity index is 726. The van der Waals surface area contributed by atoms with Crippen molar-refractivity contribution in [3.63, 3.8) is 0 Å². The molecular weight excluding hydrogens is 285 g/mol. The fourth-order valence-electron chi connectivity index (χ4n) is 2.53. The van der Waals surface area contributed by atoms with Gasteiger partial charge < -0.3 is 9.84 Å². The normalized spacial score (nSPS) is 20.9. The lowest BCUT2D eigenvalue weighted by Crippen LogP contribution is -2.27. The molecule has 0 amide bonds. The number of rotatable bonds is 3. The molecule has 1 unspecified atom stereocenters. The molecule has 1 aliphatic rings. The van der Waals surface area contributed by atoms with Gasteiger partial charge in [-0.15, -0.1) is 0 Å². The largest absolute Gasteiger partial charge is 0.494 e. The van der Waals surface area contributed by atoms with Gasteiger partial charge in [-0.1, -0.05) is 30.3 Å². The molecule has 0 bridgehead atoms. The molecule has 2 aromatic rings. The average Bonchev–Trinajstić information content (AvgIpc) is 2.83. The van der Waals surface area contributed by atoms with Gasteiger partial charge in [-0.25, -0.2) is 9.23 Å². The second-order valence-corrected chi connectivity index (χ2v) is 5.15. The number of nitrogens with one attached hydrogen (secondary N) is 1. The summed E-state index contributed by atoms with van der Waals surface area (Å²) in [5.41, 5.74) is 5.14. The first kappa shape index (κ1) is 14.6. The van der Waals surface area contributed by atoms with Crippen LogP contribution in [0.1, 0.15) is 18.1 Å². The molecule has 2 N–H and O–H groups in total. The lowest BCUT2D eigenvalue weighted by molar-refractivity contribution is -0.160. The van der Waals surface area contributed by atoms with E-state index in [-0.39, 0.29) is 5.75 Å². The Labute approximate surface area is 127 Å². The molecule has 5 heteroatoms. The van der Waals surface area contributed by atoms with Gasteiger partial charge in [0.2, 0.25) is 5.79 Å². The van der Waals surface area contributed by atoms with E-state index in [0.717, 1.165) is 5.56 Å². The quantitative estimate of drug-likeness (QED) is 0.915. The summed E-state index contributed by atoms with van der Waals surface area (Å²) in [4.78, 5) is 5.25. The SMILES string of the molecule is COc1ccc(C2=C(c3ccccc3)C(C)(O)ON2)cc1F. The minimum absolute atomic E-state index is 0.163. The monoisotopic (exact) mass is 301 g/mol. The zero-order valence-electron chi connectivity index (χ0n) is 12.3. The standard InChI is InChI=1S/C17H16FNO3/c1-17(20)15(11-6-4-3-5-7-11)16(19-22-17)12-8-9-14(21-2)13(18)10-12/h3-10,19-20H,1-2H3. The first-order valence-electron chi connectivity index (χ1n) is 6.83. The Morgan fingerprint density at radius 2 is 1.86 bits per heavy atom. The highest BCUT2D eigenvalue weighted by Crippen LogP contribution is 2.39. The van der Waals surface area contributed by atoms with Crippen molar-refractivity contribution in [1.29, 1.82) is 0 Å². The van der Waals surface area contributed by atoms with E-state index in [1.165, 1.54) is 26.2 Å². The van der Waals surface area contributed by atoms with Gasteiger partial charge in [0.05, 0.1) is 12.8 Å². The van der Waals surface area contributed by atoms with Crippen LogP contribution in [0.3, 0.4) is 0 Å². The highest BCUT2D eigenvalue weighted by atomic mass is 19.1. The summed E-state index contributed by atoms with van der Waals surface area (Å²) in [6.07, 6.45) is 0. The van der Waals surface area contributed by atoms with E-state index < -0.39 is 11.6 Å². The molecule has 0 radical (unpaired) electrons. The van der Waals surface area contributed by atoms with Gasteiger partial charge in [0.15, 0.2) is 11.6 Å². The third kappa shape index (κ3) is 2.45. The number of ether oxygens (including phenoxy) is 1. The zero-order valence-corrected chi connectivity index (χ0v) is 12.3. The van der Waals surface area contributed by atoms with E-state index in [4.69, 9.17) is 9.57 Å². The maximum Gasteiger partial charge on any atom is 0.217 e. The summed E-state index contributed by atoms with van der Waals surface area (Å²) in [6, 6.07) is 13.9. The fourth-order valence-corrected chi connectivity index (χ4v) is 2.53. The molecule has 114 valence electrons. The number of halogens is 1. The van der Waals surface area contributed by atoms with Crippen LogP contribution in [0.4, 0.5) is 4.39 Å². The topological polar surface area (TPSA) is 50.7 Å². The summed E-state index contributed by atoms with van der Waals surface area (Å²) in [6.45, 7) is 1.54. The molecule has 0 spiro atoms. The summed E-state index contributed by atoms with van der Waals surface area (Å²) in [5, 5.41) is 10.4. The van der Waals surface area contributed by atoms with Crippen LogP contribution in [-0.4, -0.2) is 18.0 Å². The van der Waals surface area contributed by atoms with Gasteiger partial charge in [0.1, 0.15) is 0 Å². The Hall–Kier alpha value is -2.37. The van der Waals surface area contributed by atoms with Crippen molar-refractivity contribution in [3.8, 4) is 5.75 Å². The summed E-state index contributed by atoms with van der Waals surface area (Å²) < 4.78 is 18.9. The molecule has 1 atom stereocenters. The van der Waals surface area contributed by atoms with Crippen molar-refractivity contribution in [2.24, 2.45) is 0 Å². The maximum atomic E-state index is 13.9. The molecule has 22 heavy (non-hydrogen) atoms. The average molecular weight is 301 g/mol. The van der Waals surface area contributed by atoms with Crippen molar-refractivity contribution < 1.29 is 19.1 Å². The highest BCUT2D eigenvalue weighted by Gasteiger charge is 2.38. The van der Waals surface area contributed by atoms with Gasteiger partial charge in [-0.3, -0.25) is 5.48 Å².